The van der Waals surface area contributed by atoms with Crippen LogP contribution in [0.5, 0.6) is 0 Å². The minimum Gasteiger partial charge on any atom is -0.311 e. The second kappa shape index (κ2) is 17.2. The molecule has 0 spiro atoms. The standard InChI is InChI=1S/C66H44N2S/c1-4-14-45(15-5-1)52-40-53(46-16-6-2-7-17-46)42-54(41-52)49-28-36-58(37-29-49)67(57-34-26-48(27-35-57)51-31-39-62-61-21-11-13-23-65(61)69-66(62)44-51)56-32-24-47(25-33-56)50-30-38-60-59-20-10-12-22-63(59)68(64(60)43-50)55-18-8-3-9-19-55/h1-44H. The Morgan fingerprint density at radius 3 is 1.20 bits per heavy atom. The molecule has 0 atom stereocenters. The van der Waals surface area contributed by atoms with E-state index in [2.05, 4.69) is 276 Å². The van der Waals surface area contributed by atoms with Crippen molar-refractivity contribution < 1.29 is 0 Å². The summed E-state index contributed by atoms with van der Waals surface area (Å²) in [5.74, 6) is 0. The Morgan fingerprint density at radius 1 is 0.246 bits per heavy atom. The first-order valence-electron chi connectivity index (χ1n) is 23.6. The molecule has 3 heteroatoms. The Bertz CT molecular complexity index is 3910. The van der Waals surface area contributed by atoms with E-state index in [4.69, 9.17) is 0 Å². The van der Waals surface area contributed by atoms with Crippen LogP contribution in [-0.4, -0.2) is 4.57 Å². The maximum Gasteiger partial charge on any atom is 0.0547 e. The van der Waals surface area contributed by atoms with Crippen LogP contribution in [0.1, 0.15) is 0 Å². The molecule has 2 nitrogen and oxygen atoms in total. The van der Waals surface area contributed by atoms with Crippen LogP contribution in [0.4, 0.5) is 17.1 Å². The number of para-hydroxylation sites is 2. The van der Waals surface area contributed by atoms with Gasteiger partial charge in [0.15, 0.2) is 0 Å². The SMILES string of the molecule is c1ccc(-c2cc(-c3ccccc3)cc(-c3ccc(N(c4ccc(-c5ccc6c(c5)sc5ccccc56)cc4)c4ccc(-c5ccc6c7ccccc7n(-c7ccccc7)c6c5)cc4)cc3)c2)cc1. The van der Waals surface area contributed by atoms with Crippen LogP contribution < -0.4 is 4.90 Å². The molecule has 0 saturated heterocycles. The number of rotatable bonds is 9. The van der Waals surface area contributed by atoms with E-state index in [0.717, 1.165) is 22.7 Å². The van der Waals surface area contributed by atoms with Crippen molar-refractivity contribution >= 4 is 70.4 Å². The second-order valence-electron chi connectivity index (χ2n) is 17.7. The van der Waals surface area contributed by atoms with Crippen LogP contribution in [0.25, 0.3) is 103 Å². The smallest absolute Gasteiger partial charge is 0.0547 e. The molecule has 0 N–H and O–H groups in total. The molecular weight excluding hydrogens is 853 g/mol. The molecule has 0 bridgehead atoms. The van der Waals surface area contributed by atoms with Gasteiger partial charge in [-0.15, -0.1) is 11.3 Å². The lowest BCUT2D eigenvalue weighted by Gasteiger charge is -2.26. The lowest BCUT2D eigenvalue weighted by atomic mass is 9.93. The molecule has 69 heavy (non-hydrogen) atoms. The molecule has 13 aromatic rings. The maximum atomic E-state index is 2.39. The van der Waals surface area contributed by atoms with Crippen molar-refractivity contribution in [1.82, 2.24) is 4.57 Å². The number of fused-ring (bicyclic) bond motifs is 6. The number of aromatic nitrogens is 1. The van der Waals surface area contributed by atoms with Crippen molar-refractivity contribution in [1.29, 1.82) is 0 Å². The molecule has 0 radical (unpaired) electrons. The van der Waals surface area contributed by atoms with Crippen molar-refractivity contribution in [2.75, 3.05) is 4.90 Å². The van der Waals surface area contributed by atoms with E-state index in [1.807, 2.05) is 11.3 Å². The summed E-state index contributed by atoms with van der Waals surface area (Å²) < 4.78 is 5.02. The fraction of sp³-hybridized carbons (Fsp3) is 0. The number of nitrogens with zero attached hydrogens (tertiary/aromatic N) is 2. The largest absolute Gasteiger partial charge is 0.311 e. The van der Waals surface area contributed by atoms with Gasteiger partial charge in [-0.3, -0.25) is 0 Å². The highest BCUT2D eigenvalue weighted by molar-refractivity contribution is 7.25. The fourth-order valence-corrected chi connectivity index (χ4v) is 11.3. The Kier molecular flexibility index (Phi) is 10.1. The molecule has 0 amide bonds. The van der Waals surface area contributed by atoms with Gasteiger partial charge in [0, 0.05) is 53.7 Å². The van der Waals surface area contributed by atoms with Crippen LogP contribution in [0.3, 0.4) is 0 Å². The summed E-state index contributed by atoms with van der Waals surface area (Å²) in [6.45, 7) is 0. The Balaban J connectivity index is 0.890. The zero-order valence-electron chi connectivity index (χ0n) is 37.7. The molecule has 0 aliphatic heterocycles. The fourth-order valence-electron chi connectivity index (χ4n) is 10.2. The average molecular weight is 897 g/mol. The number of benzene rings is 11. The van der Waals surface area contributed by atoms with Crippen LogP contribution in [0.15, 0.2) is 267 Å². The van der Waals surface area contributed by atoms with Gasteiger partial charge in [0.2, 0.25) is 0 Å². The number of thiophene rings is 1. The highest BCUT2D eigenvalue weighted by Crippen LogP contribution is 2.42. The third-order valence-corrected chi connectivity index (χ3v) is 14.7. The van der Waals surface area contributed by atoms with E-state index in [-0.39, 0.29) is 0 Å². The number of hydrogen-bond donors (Lipinski definition) is 0. The number of anilines is 3. The third-order valence-electron chi connectivity index (χ3n) is 13.6. The summed E-state index contributed by atoms with van der Waals surface area (Å²) in [5.41, 5.74) is 18.7. The molecule has 0 unspecified atom stereocenters. The van der Waals surface area contributed by atoms with Gasteiger partial charge in [0.05, 0.1) is 11.0 Å². The Hall–Kier alpha value is -8.76. The molecule has 13 rings (SSSR count). The lowest BCUT2D eigenvalue weighted by molar-refractivity contribution is 1.18. The first-order chi connectivity index (χ1) is 34.2. The molecule has 11 aromatic carbocycles. The maximum absolute atomic E-state index is 2.39. The van der Waals surface area contributed by atoms with Gasteiger partial charge < -0.3 is 9.47 Å². The zero-order valence-corrected chi connectivity index (χ0v) is 38.5. The van der Waals surface area contributed by atoms with Crippen LogP contribution in [0.2, 0.25) is 0 Å². The predicted octanol–water partition coefficient (Wildman–Crippen LogP) is 19.0. The predicted molar refractivity (Wildman–Crippen MR) is 296 cm³/mol. The third kappa shape index (κ3) is 7.47. The van der Waals surface area contributed by atoms with Gasteiger partial charge in [-0.05, 0) is 147 Å². The second-order valence-corrected chi connectivity index (χ2v) is 18.8. The van der Waals surface area contributed by atoms with Gasteiger partial charge in [0.25, 0.3) is 0 Å². The highest BCUT2D eigenvalue weighted by Gasteiger charge is 2.17. The van der Waals surface area contributed by atoms with Gasteiger partial charge in [-0.2, -0.15) is 0 Å². The first-order valence-corrected chi connectivity index (χ1v) is 24.4. The first kappa shape index (κ1) is 40.5. The zero-order chi connectivity index (χ0) is 45.7. The summed E-state index contributed by atoms with van der Waals surface area (Å²) in [6, 6.07) is 97.4. The normalized spacial score (nSPS) is 11.5. The summed E-state index contributed by atoms with van der Waals surface area (Å²) in [7, 11) is 0. The minimum absolute atomic E-state index is 1.09. The molecule has 2 heterocycles. The van der Waals surface area contributed by atoms with Gasteiger partial charge in [0.1, 0.15) is 0 Å². The number of hydrogen-bond acceptors (Lipinski definition) is 2. The summed E-state index contributed by atoms with van der Waals surface area (Å²) in [4.78, 5) is 2.37. The van der Waals surface area contributed by atoms with Crippen LogP contribution in [0, 0.1) is 0 Å². The molecule has 2 aromatic heterocycles. The van der Waals surface area contributed by atoms with Gasteiger partial charge in [-0.1, -0.05) is 176 Å². The van der Waals surface area contributed by atoms with E-state index < -0.39 is 0 Å². The van der Waals surface area contributed by atoms with Crippen LogP contribution in [-0.2, 0) is 0 Å². The molecule has 0 fully saturated rings. The molecule has 0 saturated carbocycles. The molecular formula is C66H44N2S. The van der Waals surface area contributed by atoms with E-state index in [0.29, 0.717) is 0 Å². The van der Waals surface area contributed by atoms with Crippen molar-refractivity contribution in [2.24, 2.45) is 0 Å². The minimum atomic E-state index is 1.09. The Morgan fingerprint density at radius 2 is 0.638 bits per heavy atom. The summed E-state index contributed by atoms with van der Waals surface area (Å²) in [6.07, 6.45) is 0. The average Bonchev–Trinajstić information content (AvgIpc) is 3.97. The lowest BCUT2D eigenvalue weighted by Crippen LogP contribution is -2.09. The summed E-state index contributed by atoms with van der Waals surface area (Å²) in [5, 5.41) is 5.14. The topological polar surface area (TPSA) is 8.17 Å². The summed E-state index contributed by atoms with van der Waals surface area (Å²) >= 11 is 1.86. The van der Waals surface area contributed by atoms with Crippen molar-refractivity contribution in [3.8, 4) is 61.3 Å². The van der Waals surface area contributed by atoms with Gasteiger partial charge in [-0.25, -0.2) is 0 Å². The van der Waals surface area contributed by atoms with E-state index in [1.165, 1.54) is 97.6 Å². The quantitative estimate of drug-likeness (QED) is 0.140. The van der Waals surface area contributed by atoms with Crippen molar-refractivity contribution in [3.05, 3.63) is 267 Å². The molecule has 324 valence electrons. The van der Waals surface area contributed by atoms with Crippen molar-refractivity contribution in [3.63, 3.8) is 0 Å². The highest BCUT2D eigenvalue weighted by atomic mass is 32.1. The van der Waals surface area contributed by atoms with E-state index >= 15 is 0 Å². The molecule has 0 aliphatic carbocycles. The van der Waals surface area contributed by atoms with Crippen LogP contribution >= 0.6 is 11.3 Å². The van der Waals surface area contributed by atoms with E-state index in [1.54, 1.807) is 0 Å². The molecule has 0 aliphatic rings. The van der Waals surface area contributed by atoms with E-state index in [9.17, 15) is 0 Å². The Labute approximate surface area is 405 Å². The monoisotopic (exact) mass is 896 g/mol. The van der Waals surface area contributed by atoms with Crippen molar-refractivity contribution in [2.45, 2.75) is 0 Å². The van der Waals surface area contributed by atoms with Gasteiger partial charge >= 0.3 is 0 Å².